The molecule has 1 aliphatic carbocycles. The maximum atomic E-state index is 12.5. The van der Waals surface area contributed by atoms with Crippen LogP contribution in [0.2, 0.25) is 0 Å². The maximum absolute atomic E-state index is 12.5. The lowest BCUT2D eigenvalue weighted by atomic mass is 9.87. The van der Waals surface area contributed by atoms with Gasteiger partial charge in [0.15, 0.2) is 6.10 Å². The van der Waals surface area contributed by atoms with Crippen molar-refractivity contribution < 1.29 is 58.0 Å². The molecule has 13 heteroatoms. The fourth-order valence-electron chi connectivity index (χ4n) is 4.03. The van der Waals surface area contributed by atoms with Gasteiger partial charge in [0.1, 0.15) is 24.9 Å². The van der Waals surface area contributed by atoms with E-state index in [4.69, 9.17) is 18.5 Å². The van der Waals surface area contributed by atoms with Crippen LogP contribution >= 0.6 is 7.82 Å². The van der Waals surface area contributed by atoms with E-state index < -0.39 is 76.0 Å². The molecule has 0 spiro atoms. The molecule has 0 aromatic rings. The summed E-state index contributed by atoms with van der Waals surface area (Å²) in [6.07, 6.45) is -0.226. The fourth-order valence-corrected chi connectivity index (χ4v) is 5.02. The zero-order chi connectivity index (χ0) is 28.6. The van der Waals surface area contributed by atoms with Gasteiger partial charge in [-0.25, -0.2) is 4.57 Å². The van der Waals surface area contributed by atoms with E-state index >= 15 is 0 Å². The van der Waals surface area contributed by atoms with Gasteiger partial charge in [0.2, 0.25) is 0 Å². The first-order valence-corrected chi connectivity index (χ1v) is 15.2. The largest absolute Gasteiger partial charge is 0.472 e. The first kappa shape index (κ1) is 34.9. The number of rotatable bonds is 20. The molecule has 1 fully saturated rings. The smallest absolute Gasteiger partial charge is 0.462 e. The second-order valence-electron chi connectivity index (χ2n) is 9.81. The first-order valence-electron chi connectivity index (χ1n) is 13.7. The molecule has 224 valence electrons. The topological polar surface area (TPSA) is 189 Å². The molecule has 0 amide bonds. The van der Waals surface area contributed by atoms with Crippen molar-refractivity contribution in [2.24, 2.45) is 0 Å². The Balaban J connectivity index is 2.65. The minimum Gasteiger partial charge on any atom is -0.462 e. The number of hydrogen-bond donors (Lipinski definition) is 5. The predicted octanol–water partition coefficient (Wildman–Crippen LogP) is 2.51. The van der Waals surface area contributed by atoms with Crippen LogP contribution in [-0.4, -0.2) is 87.1 Å². The van der Waals surface area contributed by atoms with Crippen molar-refractivity contribution in [1.82, 2.24) is 0 Å². The van der Waals surface area contributed by atoms with Gasteiger partial charge in [0, 0.05) is 19.3 Å². The zero-order valence-electron chi connectivity index (χ0n) is 22.6. The van der Waals surface area contributed by atoms with E-state index in [1.54, 1.807) is 0 Å². The van der Waals surface area contributed by atoms with Gasteiger partial charge in [-0.1, -0.05) is 65.2 Å². The van der Waals surface area contributed by atoms with Crippen molar-refractivity contribution in [2.75, 3.05) is 13.2 Å². The lowest BCUT2D eigenvalue weighted by molar-refractivity contribution is -0.174. The number of aliphatic hydroxyl groups is 4. The lowest BCUT2D eigenvalue weighted by Crippen LogP contribution is -2.56. The van der Waals surface area contributed by atoms with Crippen LogP contribution in [0.1, 0.15) is 97.3 Å². The van der Waals surface area contributed by atoms with Crippen LogP contribution in [0.15, 0.2) is 0 Å². The van der Waals surface area contributed by atoms with Crippen molar-refractivity contribution in [3.8, 4) is 0 Å². The maximum Gasteiger partial charge on any atom is 0.472 e. The number of carbonyl (C=O) groups is 2. The van der Waals surface area contributed by atoms with Crippen molar-refractivity contribution in [1.29, 1.82) is 0 Å². The first-order chi connectivity index (χ1) is 18.0. The van der Waals surface area contributed by atoms with E-state index in [0.29, 0.717) is 12.8 Å². The molecular weight excluding hydrogens is 523 g/mol. The van der Waals surface area contributed by atoms with Crippen molar-refractivity contribution >= 4 is 19.8 Å². The Kier molecular flexibility index (Phi) is 17.5. The highest BCUT2D eigenvalue weighted by Crippen LogP contribution is 2.47. The Labute approximate surface area is 225 Å². The van der Waals surface area contributed by atoms with E-state index in [1.807, 2.05) is 0 Å². The Morgan fingerprint density at radius 2 is 1.34 bits per heavy atom. The molecule has 0 radical (unpaired) electrons. The number of hydrogen-bond acceptors (Lipinski definition) is 11. The van der Waals surface area contributed by atoms with E-state index in [-0.39, 0.29) is 12.8 Å². The summed E-state index contributed by atoms with van der Waals surface area (Å²) in [6.45, 7) is 3.11. The Morgan fingerprint density at radius 1 is 0.789 bits per heavy atom. The fraction of sp³-hybridized carbons (Fsp3) is 0.920. The number of aliphatic hydroxyl groups excluding tert-OH is 4. The van der Waals surface area contributed by atoms with Crippen molar-refractivity contribution in [2.45, 2.75) is 134 Å². The van der Waals surface area contributed by atoms with Gasteiger partial charge < -0.3 is 34.8 Å². The van der Waals surface area contributed by atoms with Crippen LogP contribution in [0.3, 0.4) is 0 Å². The average molecular weight is 571 g/mol. The highest BCUT2D eigenvalue weighted by Gasteiger charge is 2.46. The summed E-state index contributed by atoms with van der Waals surface area (Å²) in [5, 5.41) is 39.4. The molecule has 5 N–H and O–H groups in total. The molecule has 38 heavy (non-hydrogen) atoms. The molecule has 0 bridgehead atoms. The van der Waals surface area contributed by atoms with Gasteiger partial charge in [-0.05, 0) is 12.8 Å². The van der Waals surface area contributed by atoms with E-state index in [2.05, 4.69) is 13.8 Å². The van der Waals surface area contributed by atoms with Crippen LogP contribution in [0.5, 0.6) is 0 Å². The van der Waals surface area contributed by atoms with Gasteiger partial charge in [0.05, 0.1) is 18.8 Å². The molecule has 12 nitrogen and oxygen atoms in total. The molecule has 0 heterocycles. The van der Waals surface area contributed by atoms with Crippen LogP contribution < -0.4 is 0 Å². The van der Waals surface area contributed by atoms with Gasteiger partial charge in [-0.2, -0.15) is 0 Å². The zero-order valence-corrected chi connectivity index (χ0v) is 23.5. The third-order valence-electron chi connectivity index (χ3n) is 6.32. The third-order valence-corrected chi connectivity index (χ3v) is 7.30. The lowest BCUT2D eigenvalue weighted by Gasteiger charge is -2.38. The number of carbonyl (C=O) groups excluding carboxylic acids is 2. The summed E-state index contributed by atoms with van der Waals surface area (Å²) in [5.41, 5.74) is 0. The standard InChI is InChI=1S/C25H47O12P/c1-3-5-7-9-11-13-21(28)34-16-18(36-22(29)14-12-10-8-6-4-2)17-35-38(32,33)37-25-20(27)15-19(26)23(30)24(25)31/h18-20,23-27,30-31H,3-17H2,1-2H3,(H,32,33)/t18-,19-,20-,23+,24-,25-/m1/s1. The molecule has 7 atom stereocenters. The summed E-state index contributed by atoms with van der Waals surface area (Å²) in [7, 11) is -4.93. The highest BCUT2D eigenvalue weighted by molar-refractivity contribution is 7.47. The molecular formula is C25H47O12P. The molecule has 1 rings (SSSR count). The molecule has 1 aliphatic rings. The highest BCUT2D eigenvalue weighted by atomic mass is 31.2. The predicted molar refractivity (Wildman–Crippen MR) is 137 cm³/mol. The summed E-state index contributed by atoms with van der Waals surface area (Å²) in [6, 6.07) is 0. The minimum absolute atomic E-state index is 0.125. The van der Waals surface area contributed by atoms with Gasteiger partial charge in [0.25, 0.3) is 0 Å². The average Bonchev–Trinajstić information content (AvgIpc) is 2.86. The van der Waals surface area contributed by atoms with Crippen LogP contribution in [0.4, 0.5) is 0 Å². The molecule has 0 aliphatic heterocycles. The molecule has 0 saturated heterocycles. The van der Waals surface area contributed by atoms with Crippen LogP contribution in [-0.2, 0) is 32.7 Å². The van der Waals surface area contributed by atoms with Gasteiger partial charge >= 0.3 is 19.8 Å². The van der Waals surface area contributed by atoms with Crippen molar-refractivity contribution in [3.63, 3.8) is 0 Å². The van der Waals surface area contributed by atoms with Crippen molar-refractivity contribution in [3.05, 3.63) is 0 Å². The van der Waals surface area contributed by atoms with E-state index in [1.165, 1.54) is 0 Å². The molecule has 0 aromatic carbocycles. The number of unbranched alkanes of at least 4 members (excludes halogenated alkanes) is 8. The Morgan fingerprint density at radius 3 is 1.92 bits per heavy atom. The van der Waals surface area contributed by atoms with Gasteiger partial charge in [-0.15, -0.1) is 0 Å². The second kappa shape index (κ2) is 19.0. The summed E-state index contributed by atoms with van der Waals surface area (Å²) >= 11 is 0. The SMILES string of the molecule is CCCCCCCC(=O)OC[C@H](COP(=O)(O)O[C@H]1[C@H](O)[C@@H](O)[C@H](O)C[C@H]1O)OC(=O)CCCCCCC. The third kappa shape index (κ3) is 14.3. The number of phosphoric ester groups is 1. The Bertz CT molecular complexity index is 720. The molecule has 0 aromatic heterocycles. The second-order valence-corrected chi connectivity index (χ2v) is 11.2. The quantitative estimate of drug-likeness (QED) is 0.0818. The monoisotopic (exact) mass is 570 g/mol. The molecule has 1 unspecified atom stereocenters. The normalized spacial score (nSPS) is 25.9. The molecule has 1 saturated carbocycles. The Hall–Kier alpha value is -1.11. The van der Waals surface area contributed by atoms with E-state index in [0.717, 1.165) is 51.4 Å². The summed E-state index contributed by atoms with van der Waals surface area (Å²) in [5.74, 6) is -1.07. The van der Waals surface area contributed by atoms with Gasteiger partial charge in [-0.3, -0.25) is 18.6 Å². The minimum atomic E-state index is -4.93. The number of phosphoric acid groups is 1. The number of esters is 2. The van der Waals surface area contributed by atoms with Crippen LogP contribution in [0, 0.1) is 0 Å². The van der Waals surface area contributed by atoms with Crippen LogP contribution in [0.25, 0.3) is 0 Å². The number of ether oxygens (including phenoxy) is 2. The summed E-state index contributed by atoms with van der Waals surface area (Å²) in [4.78, 5) is 34.5. The van der Waals surface area contributed by atoms with E-state index in [9.17, 15) is 39.5 Å². The summed E-state index contributed by atoms with van der Waals surface area (Å²) < 4.78 is 32.8.